The second-order valence-corrected chi connectivity index (χ2v) is 5.30. The molecule has 0 amide bonds. The molecule has 0 unspecified atom stereocenters. The van der Waals surface area contributed by atoms with Crippen molar-refractivity contribution in [3.8, 4) is 5.75 Å². The number of rotatable bonds is 6. The summed E-state index contributed by atoms with van der Waals surface area (Å²) < 4.78 is 6.11. The van der Waals surface area contributed by atoms with Gasteiger partial charge >= 0.3 is 5.97 Å². The van der Waals surface area contributed by atoms with Crippen LogP contribution < -0.4 is 10.5 Å². The van der Waals surface area contributed by atoms with Crippen LogP contribution >= 0.6 is 27.7 Å². The van der Waals surface area contributed by atoms with Crippen molar-refractivity contribution in [3.63, 3.8) is 0 Å². The van der Waals surface area contributed by atoms with Crippen molar-refractivity contribution in [1.82, 2.24) is 0 Å². The van der Waals surface area contributed by atoms with E-state index in [9.17, 15) is 4.79 Å². The van der Waals surface area contributed by atoms with E-state index in [0.717, 1.165) is 15.8 Å². The third-order valence-electron chi connectivity index (χ3n) is 2.13. The molecule has 6 heteroatoms. The predicted molar refractivity (Wildman–Crippen MR) is 72.5 cm³/mol. The summed E-state index contributed by atoms with van der Waals surface area (Å²) in [5.74, 6) is 0.895. The molecule has 4 nitrogen and oxygen atoms in total. The first-order valence-corrected chi connectivity index (χ1v) is 6.88. The van der Waals surface area contributed by atoms with E-state index in [1.807, 2.05) is 18.2 Å². The molecule has 1 aromatic carbocycles. The van der Waals surface area contributed by atoms with Gasteiger partial charge in [-0.25, -0.2) is 0 Å². The van der Waals surface area contributed by atoms with Crippen LogP contribution in [0.3, 0.4) is 0 Å². The van der Waals surface area contributed by atoms with Crippen LogP contribution in [0, 0.1) is 0 Å². The van der Waals surface area contributed by atoms with E-state index < -0.39 is 12.0 Å². The van der Waals surface area contributed by atoms with Crippen molar-refractivity contribution in [1.29, 1.82) is 0 Å². The van der Waals surface area contributed by atoms with Crippen LogP contribution in [0.15, 0.2) is 22.7 Å². The minimum absolute atomic E-state index is 0.388. The Morgan fingerprint density at radius 1 is 1.65 bits per heavy atom. The maximum Gasteiger partial charge on any atom is 0.321 e. The second-order valence-electron chi connectivity index (χ2n) is 3.42. The van der Waals surface area contributed by atoms with Gasteiger partial charge in [-0.1, -0.05) is 15.9 Å². The van der Waals surface area contributed by atoms with Gasteiger partial charge in [-0.05, 0) is 23.8 Å². The molecule has 0 aliphatic rings. The van der Waals surface area contributed by atoms with Crippen molar-refractivity contribution in [2.75, 3.05) is 12.9 Å². The van der Waals surface area contributed by atoms with E-state index >= 15 is 0 Å². The van der Waals surface area contributed by atoms with E-state index in [2.05, 4.69) is 15.9 Å². The van der Waals surface area contributed by atoms with Gasteiger partial charge in [0.2, 0.25) is 0 Å². The van der Waals surface area contributed by atoms with Crippen molar-refractivity contribution in [2.45, 2.75) is 11.8 Å². The number of carbonyl (C=O) groups is 1. The van der Waals surface area contributed by atoms with Gasteiger partial charge in [-0.15, -0.1) is 0 Å². The number of hydrogen-bond donors (Lipinski definition) is 2. The van der Waals surface area contributed by atoms with E-state index in [4.69, 9.17) is 15.6 Å². The summed E-state index contributed by atoms with van der Waals surface area (Å²) in [5.41, 5.74) is 6.48. The molecule has 17 heavy (non-hydrogen) atoms. The summed E-state index contributed by atoms with van der Waals surface area (Å²) in [6.07, 6.45) is 0. The number of benzene rings is 1. The molecular formula is C11H14BrNO3S. The Labute approximate surface area is 113 Å². The van der Waals surface area contributed by atoms with Crippen LogP contribution in [0.4, 0.5) is 0 Å². The summed E-state index contributed by atoms with van der Waals surface area (Å²) in [5, 5.41) is 8.65. The standard InChI is InChI=1S/C11H14BrNO3S/c1-16-8-2-3-9(12)7(4-8)5-17-6-10(13)11(14)15/h2-4,10H,5-6,13H2,1H3,(H,14,15)/t10-/m1/s1. The lowest BCUT2D eigenvalue weighted by Gasteiger charge is -2.09. The smallest absolute Gasteiger partial charge is 0.321 e. The monoisotopic (exact) mass is 319 g/mol. The Morgan fingerprint density at radius 2 is 2.35 bits per heavy atom. The Bertz CT molecular complexity index is 400. The second kappa shape index (κ2) is 6.88. The molecule has 0 fully saturated rings. The molecule has 0 aromatic heterocycles. The molecule has 0 saturated heterocycles. The van der Waals surface area contributed by atoms with E-state index in [1.54, 1.807) is 7.11 Å². The average molecular weight is 320 g/mol. The van der Waals surface area contributed by atoms with Gasteiger partial charge in [0.05, 0.1) is 7.11 Å². The minimum atomic E-state index is -0.970. The molecular weight excluding hydrogens is 306 g/mol. The summed E-state index contributed by atoms with van der Waals surface area (Å²) in [4.78, 5) is 10.5. The number of carboxylic acids is 1. The van der Waals surface area contributed by atoms with Crippen LogP contribution in [0.25, 0.3) is 0 Å². The summed E-state index contributed by atoms with van der Waals surface area (Å²) >= 11 is 4.92. The predicted octanol–water partition coefficient (Wildman–Crippen LogP) is 2.10. The number of halogens is 1. The molecule has 3 N–H and O–H groups in total. The summed E-state index contributed by atoms with van der Waals surface area (Å²) in [7, 11) is 1.61. The Kier molecular flexibility index (Phi) is 5.80. The van der Waals surface area contributed by atoms with Gasteiger partial charge in [-0.2, -0.15) is 11.8 Å². The average Bonchev–Trinajstić information content (AvgIpc) is 2.31. The van der Waals surface area contributed by atoms with E-state index in [0.29, 0.717) is 11.5 Å². The molecule has 0 aliphatic carbocycles. The van der Waals surface area contributed by atoms with E-state index in [-0.39, 0.29) is 0 Å². The third kappa shape index (κ3) is 4.57. The normalized spacial score (nSPS) is 12.2. The van der Waals surface area contributed by atoms with Crippen molar-refractivity contribution in [3.05, 3.63) is 28.2 Å². The number of hydrogen-bond acceptors (Lipinski definition) is 4. The molecule has 1 atom stereocenters. The van der Waals surface area contributed by atoms with Crippen molar-refractivity contribution in [2.24, 2.45) is 5.73 Å². The van der Waals surface area contributed by atoms with Gasteiger partial charge in [0.25, 0.3) is 0 Å². The highest BCUT2D eigenvalue weighted by atomic mass is 79.9. The van der Waals surface area contributed by atoms with E-state index in [1.165, 1.54) is 11.8 Å². The third-order valence-corrected chi connectivity index (χ3v) is 4.01. The molecule has 1 aromatic rings. The first kappa shape index (κ1) is 14.3. The van der Waals surface area contributed by atoms with Gasteiger partial charge in [-0.3, -0.25) is 4.79 Å². The minimum Gasteiger partial charge on any atom is -0.497 e. The Hall–Kier alpha value is -0.720. The number of carboxylic acid groups (broad SMARTS) is 1. The quantitative estimate of drug-likeness (QED) is 0.840. The maximum absolute atomic E-state index is 10.5. The summed E-state index contributed by atoms with van der Waals surface area (Å²) in [6, 6.07) is 4.88. The number of ether oxygens (including phenoxy) is 1. The highest BCUT2D eigenvalue weighted by molar-refractivity contribution is 9.10. The fourth-order valence-electron chi connectivity index (χ4n) is 1.16. The van der Waals surface area contributed by atoms with Crippen LogP contribution in [0.1, 0.15) is 5.56 Å². The SMILES string of the molecule is COc1ccc(Br)c(CSC[C@@H](N)C(=O)O)c1. The Balaban J connectivity index is 2.54. The lowest BCUT2D eigenvalue weighted by atomic mass is 10.2. The zero-order valence-corrected chi connectivity index (χ0v) is 11.8. The number of nitrogens with two attached hydrogens (primary N) is 1. The van der Waals surface area contributed by atoms with Gasteiger partial charge in [0.1, 0.15) is 11.8 Å². The van der Waals surface area contributed by atoms with Crippen molar-refractivity contribution < 1.29 is 14.6 Å². The molecule has 0 bridgehead atoms. The number of aliphatic carboxylic acids is 1. The number of methoxy groups -OCH3 is 1. The summed E-state index contributed by atoms with van der Waals surface area (Å²) in [6.45, 7) is 0. The molecule has 94 valence electrons. The van der Waals surface area contributed by atoms with Crippen molar-refractivity contribution >= 4 is 33.7 Å². The van der Waals surface area contributed by atoms with Gasteiger partial charge in [0, 0.05) is 16.0 Å². The zero-order valence-electron chi connectivity index (χ0n) is 9.35. The van der Waals surface area contributed by atoms with Gasteiger partial charge < -0.3 is 15.6 Å². The first-order valence-electron chi connectivity index (χ1n) is 4.93. The molecule has 0 radical (unpaired) electrons. The maximum atomic E-state index is 10.5. The lowest BCUT2D eigenvalue weighted by molar-refractivity contribution is -0.137. The lowest BCUT2D eigenvalue weighted by Crippen LogP contribution is -2.32. The molecule has 1 rings (SSSR count). The molecule has 0 aliphatic heterocycles. The Morgan fingerprint density at radius 3 is 2.94 bits per heavy atom. The first-order chi connectivity index (χ1) is 8.04. The largest absolute Gasteiger partial charge is 0.497 e. The van der Waals surface area contributed by atoms with Crippen LogP contribution in [-0.4, -0.2) is 30.0 Å². The zero-order chi connectivity index (χ0) is 12.8. The molecule has 0 saturated carbocycles. The highest BCUT2D eigenvalue weighted by Crippen LogP contribution is 2.26. The molecule has 0 spiro atoms. The van der Waals surface area contributed by atoms with Gasteiger partial charge in [0.15, 0.2) is 0 Å². The van der Waals surface area contributed by atoms with Crippen LogP contribution in [0.2, 0.25) is 0 Å². The topological polar surface area (TPSA) is 72.5 Å². The van der Waals surface area contributed by atoms with Crippen LogP contribution in [-0.2, 0) is 10.5 Å². The fourth-order valence-corrected chi connectivity index (χ4v) is 2.70. The fraction of sp³-hybridized carbons (Fsp3) is 0.364. The highest BCUT2D eigenvalue weighted by Gasteiger charge is 2.11. The van der Waals surface area contributed by atoms with Crippen LogP contribution in [0.5, 0.6) is 5.75 Å². The number of thioether (sulfide) groups is 1. The molecule has 0 heterocycles.